The number of anilines is 2. The van der Waals surface area contributed by atoms with Gasteiger partial charge in [0.15, 0.2) is 0 Å². The predicted octanol–water partition coefficient (Wildman–Crippen LogP) is 3.91. The molecule has 2 aromatic carbocycles. The molecule has 3 rings (SSSR count). The second kappa shape index (κ2) is 8.25. The molecule has 0 atom stereocenters. The second-order valence-electron chi connectivity index (χ2n) is 5.99. The molecule has 0 fully saturated rings. The van der Waals surface area contributed by atoms with Gasteiger partial charge in [0.05, 0.1) is 0 Å². The number of rotatable bonds is 6. The summed E-state index contributed by atoms with van der Waals surface area (Å²) in [6.07, 6.45) is 1.45. The van der Waals surface area contributed by atoms with Gasteiger partial charge in [-0.3, -0.25) is 4.79 Å². The van der Waals surface area contributed by atoms with E-state index >= 15 is 0 Å². The van der Waals surface area contributed by atoms with Crippen molar-refractivity contribution in [1.82, 2.24) is 14.9 Å². The molecule has 0 aliphatic carbocycles. The van der Waals surface area contributed by atoms with Crippen molar-refractivity contribution < 1.29 is 4.79 Å². The highest BCUT2D eigenvalue weighted by atomic mass is 16.2. The summed E-state index contributed by atoms with van der Waals surface area (Å²) < 4.78 is 0. The molecule has 0 aliphatic rings. The van der Waals surface area contributed by atoms with Crippen molar-refractivity contribution in [3.05, 3.63) is 84.3 Å². The zero-order valence-corrected chi connectivity index (χ0v) is 15.0. The van der Waals surface area contributed by atoms with Gasteiger partial charge in [0.1, 0.15) is 17.8 Å². The number of aromatic nitrogens is 2. The van der Waals surface area contributed by atoms with E-state index in [-0.39, 0.29) is 5.91 Å². The number of carbonyl (C=O) groups excluding carboxylic acids is 1. The highest BCUT2D eigenvalue weighted by Crippen LogP contribution is 2.23. The lowest BCUT2D eigenvalue weighted by atomic mass is 10.2. The third-order valence-electron chi connectivity index (χ3n) is 4.14. The molecule has 1 aromatic heterocycles. The van der Waals surface area contributed by atoms with Crippen LogP contribution in [0.3, 0.4) is 0 Å². The van der Waals surface area contributed by atoms with E-state index < -0.39 is 0 Å². The van der Waals surface area contributed by atoms with Gasteiger partial charge >= 0.3 is 0 Å². The SMILES string of the molecule is CCN(c1ccccc1)c1cc(C(=O)N(C)Cc2ccccc2)ncn1. The van der Waals surface area contributed by atoms with Gasteiger partial charge in [-0.05, 0) is 24.6 Å². The number of amides is 1. The van der Waals surface area contributed by atoms with Crippen molar-refractivity contribution in [2.45, 2.75) is 13.5 Å². The van der Waals surface area contributed by atoms with Crippen LogP contribution in [0.1, 0.15) is 23.0 Å². The zero-order chi connectivity index (χ0) is 18.4. The van der Waals surface area contributed by atoms with Crippen LogP contribution in [0.5, 0.6) is 0 Å². The van der Waals surface area contributed by atoms with Crippen LogP contribution in [-0.2, 0) is 6.54 Å². The van der Waals surface area contributed by atoms with Crippen molar-refractivity contribution in [3.8, 4) is 0 Å². The van der Waals surface area contributed by atoms with E-state index in [0.717, 1.165) is 17.8 Å². The fourth-order valence-corrected chi connectivity index (χ4v) is 2.82. The van der Waals surface area contributed by atoms with Gasteiger partial charge in [-0.25, -0.2) is 9.97 Å². The lowest BCUT2D eigenvalue weighted by Crippen LogP contribution is -2.27. The van der Waals surface area contributed by atoms with Crippen LogP contribution in [0.4, 0.5) is 11.5 Å². The highest BCUT2D eigenvalue weighted by Gasteiger charge is 2.16. The Labute approximate surface area is 153 Å². The molecule has 3 aromatic rings. The molecule has 1 heterocycles. The largest absolute Gasteiger partial charge is 0.336 e. The van der Waals surface area contributed by atoms with Gasteiger partial charge in [-0.1, -0.05) is 48.5 Å². The Bertz CT molecular complexity index is 852. The van der Waals surface area contributed by atoms with Gasteiger partial charge in [0.25, 0.3) is 5.91 Å². The minimum atomic E-state index is -0.124. The standard InChI is InChI=1S/C21H22N4O/c1-3-25(18-12-8-5-9-13-18)20-14-19(22-16-23-20)21(26)24(2)15-17-10-6-4-7-11-17/h4-14,16H,3,15H2,1-2H3. The Morgan fingerprint density at radius 3 is 2.27 bits per heavy atom. The minimum absolute atomic E-state index is 0.124. The molecule has 0 saturated carbocycles. The molecule has 5 nitrogen and oxygen atoms in total. The van der Waals surface area contributed by atoms with E-state index in [0.29, 0.717) is 18.1 Å². The van der Waals surface area contributed by atoms with Gasteiger partial charge < -0.3 is 9.80 Å². The Morgan fingerprint density at radius 2 is 1.62 bits per heavy atom. The van der Waals surface area contributed by atoms with Crippen LogP contribution in [0.25, 0.3) is 0 Å². The van der Waals surface area contributed by atoms with E-state index in [1.165, 1.54) is 6.33 Å². The molecular formula is C21H22N4O. The summed E-state index contributed by atoms with van der Waals surface area (Å²) in [4.78, 5) is 25.0. The Morgan fingerprint density at radius 1 is 0.962 bits per heavy atom. The van der Waals surface area contributed by atoms with Gasteiger partial charge in [-0.15, -0.1) is 0 Å². The molecule has 0 bridgehead atoms. The van der Waals surface area contributed by atoms with Crippen LogP contribution in [0, 0.1) is 0 Å². The predicted molar refractivity (Wildman–Crippen MR) is 103 cm³/mol. The van der Waals surface area contributed by atoms with E-state index in [4.69, 9.17) is 0 Å². The third-order valence-corrected chi connectivity index (χ3v) is 4.14. The second-order valence-corrected chi connectivity index (χ2v) is 5.99. The van der Waals surface area contributed by atoms with Gasteiger partial charge in [0.2, 0.25) is 0 Å². The van der Waals surface area contributed by atoms with Crippen molar-refractivity contribution in [1.29, 1.82) is 0 Å². The molecule has 5 heteroatoms. The highest BCUT2D eigenvalue weighted by molar-refractivity contribution is 5.92. The average molecular weight is 346 g/mol. The molecule has 0 spiro atoms. The van der Waals surface area contributed by atoms with E-state index in [1.807, 2.05) is 60.7 Å². The van der Waals surface area contributed by atoms with Crippen molar-refractivity contribution in [2.24, 2.45) is 0 Å². The minimum Gasteiger partial charge on any atom is -0.336 e. The summed E-state index contributed by atoms with van der Waals surface area (Å²) in [5.41, 5.74) is 2.50. The smallest absolute Gasteiger partial charge is 0.272 e. The van der Waals surface area contributed by atoms with Gasteiger partial charge in [-0.2, -0.15) is 0 Å². The monoisotopic (exact) mass is 346 g/mol. The first-order chi connectivity index (χ1) is 12.7. The lowest BCUT2D eigenvalue weighted by Gasteiger charge is -2.23. The summed E-state index contributed by atoms with van der Waals surface area (Å²) in [5.74, 6) is 0.590. The van der Waals surface area contributed by atoms with Crippen molar-refractivity contribution >= 4 is 17.4 Å². The van der Waals surface area contributed by atoms with Crippen molar-refractivity contribution in [2.75, 3.05) is 18.5 Å². The first-order valence-corrected chi connectivity index (χ1v) is 8.63. The van der Waals surface area contributed by atoms with Crippen LogP contribution < -0.4 is 4.90 Å². The van der Waals surface area contributed by atoms with E-state index in [1.54, 1.807) is 18.0 Å². The Hall–Kier alpha value is -3.21. The lowest BCUT2D eigenvalue weighted by molar-refractivity contribution is 0.0779. The fraction of sp³-hybridized carbons (Fsp3) is 0.190. The topological polar surface area (TPSA) is 49.3 Å². The number of hydrogen-bond donors (Lipinski definition) is 0. The van der Waals surface area contributed by atoms with Crippen molar-refractivity contribution in [3.63, 3.8) is 0 Å². The Balaban J connectivity index is 1.81. The maximum Gasteiger partial charge on any atom is 0.272 e. The maximum absolute atomic E-state index is 12.8. The number of hydrogen-bond acceptors (Lipinski definition) is 4. The molecule has 0 unspecified atom stereocenters. The van der Waals surface area contributed by atoms with Crippen LogP contribution in [-0.4, -0.2) is 34.4 Å². The van der Waals surface area contributed by atoms with Crippen LogP contribution >= 0.6 is 0 Å². The summed E-state index contributed by atoms with van der Waals surface area (Å²) >= 11 is 0. The zero-order valence-electron chi connectivity index (χ0n) is 15.0. The molecule has 0 radical (unpaired) electrons. The Kier molecular flexibility index (Phi) is 5.59. The molecule has 26 heavy (non-hydrogen) atoms. The molecule has 0 saturated heterocycles. The molecule has 0 N–H and O–H groups in total. The first kappa shape index (κ1) is 17.6. The summed E-state index contributed by atoms with van der Waals surface area (Å²) in [6, 6.07) is 21.6. The molecular weight excluding hydrogens is 324 g/mol. The van der Waals surface area contributed by atoms with Crippen LogP contribution in [0.2, 0.25) is 0 Å². The maximum atomic E-state index is 12.8. The first-order valence-electron chi connectivity index (χ1n) is 8.63. The number of nitrogens with zero attached hydrogens (tertiary/aromatic N) is 4. The molecule has 132 valence electrons. The summed E-state index contributed by atoms with van der Waals surface area (Å²) in [5, 5.41) is 0. The normalized spacial score (nSPS) is 10.4. The van der Waals surface area contributed by atoms with E-state index in [9.17, 15) is 4.79 Å². The quantitative estimate of drug-likeness (QED) is 0.679. The summed E-state index contributed by atoms with van der Waals surface area (Å²) in [7, 11) is 1.78. The third kappa shape index (κ3) is 4.06. The van der Waals surface area contributed by atoms with Crippen LogP contribution in [0.15, 0.2) is 73.1 Å². The molecule has 1 amide bonds. The number of benzene rings is 2. The van der Waals surface area contributed by atoms with E-state index in [2.05, 4.69) is 21.8 Å². The summed E-state index contributed by atoms with van der Waals surface area (Å²) in [6.45, 7) is 3.34. The fourth-order valence-electron chi connectivity index (χ4n) is 2.82. The molecule has 0 aliphatic heterocycles. The number of carbonyl (C=O) groups is 1. The van der Waals surface area contributed by atoms with Gasteiger partial charge in [0, 0.05) is 31.9 Å². The average Bonchev–Trinajstić information content (AvgIpc) is 2.70. The number of para-hydroxylation sites is 1.